The summed E-state index contributed by atoms with van der Waals surface area (Å²) in [6.07, 6.45) is 5.37. The van der Waals surface area contributed by atoms with Crippen LogP contribution in [0.1, 0.15) is 30.3 Å². The highest BCUT2D eigenvalue weighted by molar-refractivity contribution is 7.99. The number of imidazole rings is 1. The van der Waals surface area contributed by atoms with Crippen LogP contribution in [0, 0.1) is 0 Å². The molecule has 0 aromatic carbocycles. The van der Waals surface area contributed by atoms with Gasteiger partial charge in [0.15, 0.2) is 0 Å². The molecule has 2 heterocycles. The van der Waals surface area contributed by atoms with Crippen molar-refractivity contribution in [3.8, 4) is 0 Å². The monoisotopic (exact) mass is 211 g/mol. The first kappa shape index (κ1) is 10.1. The Kier molecular flexibility index (Phi) is 3.48. The molecule has 1 aliphatic rings. The van der Waals surface area contributed by atoms with Gasteiger partial charge in [0.25, 0.3) is 0 Å². The molecule has 0 radical (unpaired) electrons. The summed E-state index contributed by atoms with van der Waals surface area (Å²) in [4.78, 5) is 7.82. The van der Waals surface area contributed by atoms with Gasteiger partial charge in [-0.25, -0.2) is 4.98 Å². The van der Waals surface area contributed by atoms with Crippen LogP contribution in [0.5, 0.6) is 0 Å². The molecule has 0 spiro atoms. The van der Waals surface area contributed by atoms with Crippen molar-refractivity contribution in [1.29, 1.82) is 0 Å². The van der Waals surface area contributed by atoms with Crippen molar-refractivity contribution in [2.24, 2.45) is 5.73 Å². The first-order valence-electron chi connectivity index (χ1n) is 5.21. The number of hydrogen-bond acceptors (Lipinski definition) is 3. The third-order valence-electron chi connectivity index (χ3n) is 2.67. The number of hydrogen-bond donors (Lipinski definition) is 2. The summed E-state index contributed by atoms with van der Waals surface area (Å²) in [6.45, 7) is 0.697. The zero-order chi connectivity index (χ0) is 9.80. The molecule has 4 heteroatoms. The average Bonchev–Trinajstić information content (AvgIpc) is 2.68. The molecule has 1 saturated heterocycles. The molecule has 14 heavy (non-hydrogen) atoms. The molecule has 3 nitrogen and oxygen atoms in total. The Bertz CT molecular complexity index is 279. The highest BCUT2D eigenvalue weighted by Crippen LogP contribution is 2.29. The summed E-state index contributed by atoms with van der Waals surface area (Å²) in [5, 5.41) is 0. The number of nitrogens with one attached hydrogen (secondary N) is 1. The van der Waals surface area contributed by atoms with Crippen LogP contribution in [0.2, 0.25) is 0 Å². The van der Waals surface area contributed by atoms with Crippen molar-refractivity contribution in [3.63, 3.8) is 0 Å². The summed E-state index contributed by atoms with van der Waals surface area (Å²) in [5.41, 5.74) is 6.68. The van der Waals surface area contributed by atoms with E-state index in [9.17, 15) is 0 Å². The Labute approximate surface area is 88.9 Å². The molecular formula is C10H17N3S. The Morgan fingerprint density at radius 3 is 3.00 bits per heavy atom. The number of thioether (sulfide) groups is 1. The average molecular weight is 211 g/mol. The van der Waals surface area contributed by atoms with E-state index in [1.54, 1.807) is 0 Å². The molecule has 0 saturated carbocycles. The number of aromatic amines is 1. The lowest BCUT2D eigenvalue weighted by Gasteiger charge is -2.18. The molecule has 0 aliphatic carbocycles. The lowest BCUT2D eigenvalue weighted by Crippen LogP contribution is -2.09. The molecule has 3 N–H and O–H groups in total. The topological polar surface area (TPSA) is 54.7 Å². The molecule has 1 aliphatic heterocycles. The minimum absolute atomic E-state index is 0.655. The molecule has 0 amide bonds. The molecule has 0 atom stereocenters. The lowest BCUT2D eigenvalue weighted by molar-refractivity contribution is 0.603. The summed E-state index contributed by atoms with van der Waals surface area (Å²) in [6, 6.07) is 0. The fourth-order valence-electron chi connectivity index (χ4n) is 1.84. The van der Waals surface area contributed by atoms with E-state index >= 15 is 0 Å². The van der Waals surface area contributed by atoms with Crippen LogP contribution in [0.3, 0.4) is 0 Å². The van der Waals surface area contributed by atoms with Crippen molar-refractivity contribution in [2.45, 2.75) is 25.2 Å². The van der Waals surface area contributed by atoms with Gasteiger partial charge in [0, 0.05) is 24.2 Å². The van der Waals surface area contributed by atoms with Crippen LogP contribution < -0.4 is 5.73 Å². The highest BCUT2D eigenvalue weighted by Gasteiger charge is 2.18. The number of H-pyrrole nitrogens is 1. The van der Waals surface area contributed by atoms with Crippen molar-refractivity contribution in [1.82, 2.24) is 9.97 Å². The number of nitrogens with zero attached hydrogens (tertiary/aromatic N) is 1. The van der Waals surface area contributed by atoms with Crippen molar-refractivity contribution in [3.05, 3.63) is 17.7 Å². The van der Waals surface area contributed by atoms with E-state index in [2.05, 4.69) is 9.97 Å². The molecule has 2 rings (SSSR count). The Morgan fingerprint density at radius 1 is 1.50 bits per heavy atom. The number of nitrogens with two attached hydrogens (primary N) is 1. The molecule has 78 valence electrons. The second-order valence-corrected chi connectivity index (χ2v) is 4.94. The van der Waals surface area contributed by atoms with E-state index in [0.29, 0.717) is 12.5 Å². The fraction of sp³-hybridized carbons (Fsp3) is 0.700. The highest BCUT2D eigenvalue weighted by atomic mass is 32.2. The van der Waals surface area contributed by atoms with Gasteiger partial charge < -0.3 is 10.7 Å². The van der Waals surface area contributed by atoms with Crippen molar-refractivity contribution >= 4 is 11.8 Å². The smallest absolute Gasteiger partial charge is 0.109 e. The third-order valence-corrected chi connectivity index (χ3v) is 3.72. The minimum atomic E-state index is 0.655. The zero-order valence-electron chi connectivity index (χ0n) is 8.33. The molecule has 0 unspecified atom stereocenters. The van der Waals surface area contributed by atoms with Crippen molar-refractivity contribution < 1.29 is 0 Å². The van der Waals surface area contributed by atoms with Crippen LogP contribution in [0.15, 0.2) is 6.20 Å². The Hall–Kier alpha value is -0.480. The second-order valence-electron chi connectivity index (χ2n) is 3.72. The predicted molar refractivity (Wildman–Crippen MR) is 60.6 cm³/mol. The SMILES string of the molecule is NCCc1cnc(C2CCSCC2)[nH]1. The molecule has 1 aromatic rings. The quantitative estimate of drug-likeness (QED) is 0.797. The molecular weight excluding hydrogens is 194 g/mol. The molecule has 1 fully saturated rings. The van der Waals surface area contributed by atoms with E-state index in [1.807, 2.05) is 18.0 Å². The first-order valence-corrected chi connectivity index (χ1v) is 6.37. The maximum Gasteiger partial charge on any atom is 0.109 e. The van der Waals surface area contributed by atoms with Gasteiger partial charge in [0.2, 0.25) is 0 Å². The van der Waals surface area contributed by atoms with E-state index in [1.165, 1.54) is 35.9 Å². The first-order chi connectivity index (χ1) is 6.90. The van der Waals surface area contributed by atoms with Gasteiger partial charge >= 0.3 is 0 Å². The van der Waals surface area contributed by atoms with Gasteiger partial charge in [-0.15, -0.1) is 0 Å². The Morgan fingerprint density at radius 2 is 2.29 bits per heavy atom. The van der Waals surface area contributed by atoms with E-state index in [0.717, 1.165) is 6.42 Å². The zero-order valence-corrected chi connectivity index (χ0v) is 9.15. The largest absolute Gasteiger partial charge is 0.346 e. The van der Waals surface area contributed by atoms with Crippen molar-refractivity contribution in [2.75, 3.05) is 18.1 Å². The second kappa shape index (κ2) is 4.84. The standard InChI is InChI=1S/C10H17N3S/c11-4-1-9-7-12-10(13-9)8-2-5-14-6-3-8/h7-8H,1-6,11H2,(H,12,13). The van der Waals surface area contributed by atoms with E-state index < -0.39 is 0 Å². The number of rotatable bonds is 3. The van der Waals surface area contributed by atoms with Crippen LogP contribution in [0.25, 0.3) is 0 Å². The number of aromatic nitrogens is 2. The summed E-state index contributed by atoms with van der Waals surface area (Å²) in [7, 11) is 0. The van der Waals surface area contributed by atoms with Crippen LogP contribution in [-0.4, -0.2) is 28.0 Å². The van der Waals surface area contributed by atoms with Gasteiger partial charge in [-0.3, -0.25) is 0 Å². The van der Waals surface area contributed by atoms with Gasteiger partial charge in [-0.05, 0) is 30.9 Å². The third kappa shape index (κ3) is 2.30. The predicted octanol–water partition coefficient (Wildman–Crippen LogP) is 1.52. The maximum atomic E-state index is 5.50. The normalized spacial score (nSPS) is 18.6. The molecule has 1 aromatic heterocycles. The summed E-state index contributed by atoms with van der Waals surface area (Å²) < 4.78 is 0. The van der Waals surface area contributed by atoms with Gasteiger partial charge in [0.1, 0.15) is 5.82 Å². The van der Waals surface area contributed by atoms with Gasteiger partial charge in [0.05, 0.1) is 0 Å². The Balaban J connectivity index is 2.00. The minimum Gasteiger partial charge on any atom is -0.346 e. The van der Waals surface area contributed by atoms with Gasteiger partial charge in [-0.1, -0.05) is 0 Å². The summed E-state index contributed by atoms with van der Waals surface area (Å²) in [5.74, 6) is 4.38. The van der Waals surface area contributed by atoms with Crippen LogP contribution in [0.4, 0.5) is 0 Å². The molecule has 0 bridgehead atoms. The van der Waals surface area contributed by atoms with Crippen LogP contribution >= 0.6 is 11.8 Å². The maximum absolute atomic E-state index is 5.50. The van der Waals surface area contributed by atoms with Crippen LogP contribution in [-0.2, 0) is 6.42 Å². The summed E-state index contributed by atoms with van der Waals surface area (Å²) >= 11 is 2.05. The van der Waals surface area contributed by atoms with E-state index in [4.69, 9.17) is 5.73 Å². The fourth-order valence-corrected chi connectivity index (χ4v) is 2.94. The van der Waals surface area contributed by atoms with Gasteiger partial charge in [-0.2, -0.15) is 11.8 Å². The lowest BCUT2D eigenvalue weighted by atomic mass is 10.0. The van der Waals surface area contributed by atoms with E-state index in [-0.39, 0.29) is 0 Å².